The van der Waals surface area contributed by atoms with Crippen molar-refractivity contribution in [2.45, 2.75) is 33.2 Å². The normalized spacial score (nSPS) is 19.3. The molecule has 1 aromatic rings. The maximum absolute atomic E-state index is 12.5. The first-order valence-electron chi connectivity index (χ1n) is 7.88. The Hall–Kier alpha value is -2.15. The van der Waals surface area contributed by atoms with Crippen molar-refractivity contribution in [1.82, 2.24) is 4.90 Å². The molecule has 1 aromatic carbocycles. The van der Waals surface area contributed by atoms with Gasteiger partial charge in [0.2, 0.25) is 6.79 Å². The fourth-order valence-electron chi connectivity index (χ4n) is 2.52. The fraction of sp³-hybridized carbons (Fsp3) is 0.412. The summed E-state index contributed by atoms with van der Waals surface area (Å²) < 4.78 is 16.4. The molecule has 2 aliphatic rings. The molecule has 2 heterocycles. The van der Waals surface area contributed by atoms with Gasteiger partial charge in [0.15, 0.2) is 11.5 Å². The summed E-state index contributed by atoms with van der Waals surface area (Å²) in [5.41, 5.74) is 0.691. The van der Waals surface area contributed by atoms with Crippen LogP contribution in [0.15, 0.2) is 17.0 Å². The van der Waals surface area contributed by atoms with E-state index in [-0.39, 0.29) is 24.0 Å². The van der Waals surface area contributed by atoms with E-state index in [1.807, 2.05) is 20.8 Å². The molecule has 2 aliphatic heterocycles. The topological polar surface area (TPSA) is 65.1 Å². The van der Waals surface area contributed by atoms with Gasteiger partial charge in [0, 0.05) is 17.7 Å². The number of amides is 2. The SMILES string of the molecule is CCOc1cc2c(cc1/C=C1/SC(=O)N(C(C)CC)C1=O)OCO2. The van der Waals surface area contributed by atoms with Gasteiger partial charge in [0.1, 0.15) is 5.75 Å². The van der Waals surface area contributed by atoms with Crippen LogP contribution in [0.4, 0.5) is 4.79 Å². The molecule has 0 aromatic heterocycles. The first-order valence-corrected chi connectivity index (χ1v) is 8.70. The summed E-state index contributed by atoms with van der Waals surface area (Å²) in [5.74, 6) is 1.55. The average molecular weight is 349 g/mol. The van der Waals surface area contributed by atoms with Crippen LogP contribution in [0.3, 0.4) is 0 Å². The van der Waals surface area contributed by atoms with E-state index in [1.165, 1.54) is 4.90 Å². The highest BCUT2D eigenvalue weighted by Crippen LogP contribution is 2.41. The van der Waals surface area contributed by atoms with E-state index in [4.69, 9.17) is 14.2 Å². The third-order valence-corrected chi connectivity index (χ3v) is 4.83. The minimum atomic E-state index is -0.264. The largest absolute Gasteiger partial charge is 0.493 e. The van der Waals surface area contributed by atoms with E-state index in [1.54, 1.807) is 18.2 Å². The van der Waals surface area contributed by atoms with Gasteiger partial charge in [0.05, 0.1) is 11.5 Å². The van der Waals surface area contributed by atoms with Crippen LogP contribution < -0.4 is 14.2 Å². The zero-order valence-electron chi connectivity index (χ0n) is 13.8. The molecule has 1 unspecified atom stereocenters. The van der Waals surface area contributed by atoms with E-state index < -0.39 is 0 Å². The Labute approximate surface area is 144 Å². The van der Waals surface area contributed by atoms with Crippen molar-refractivity contribution in [3.8, 4) is 17.2 Å². The van der Waals surface area contributed by atoms with E-state index in [0.29, 0.717) is 34.3 Å². The number of nitrogens with zero attached hydrogens (tertiary/aromatic N) is 1. The highest BCUT2D eigenvalue weighted by atomic mass is 32.2. The second-order valence-corrected chi connectivity index (χ2v) is 6.48. The van der Waals surface area contributed by atoms with Crippen LogP contribution >= 0.6 is 11.8 Å². The molecule has 1 atom stereocenters. The predicted molar refractivity (Wildman–Crippen MR) is 91.3 cm³/mol. The summed E-state index contributed by atoms with van der Waals surface area (Å²) in [4.78, 5) is 26.4. The highest BCUT2D eigenvalue weighted by Gasteiger charge is 2.37. The van der Waals surface area contributed by atoms with Crippen LogP contribution in [0.5, 0.6) is 17.2 Å². The standard InChI is InChI=1S/C17H19NO5S/c1-4-10(3)18-16(19)15(24-17(18)20)7-11-6-13-14(23-9-22-13)8-12(11)21-5-2/h6-8,10H,4-5,9H2,1-3H3/b15-7+. The fourth-order valence-corrected chi connectivity index (χ4v) is 3.44. The molecule has 1 saturated heterocycles. The quantitative estimate of drug-likeness (QED) is 0.756. The van der Waals surface area contributed by atoms with Crippen molar-refractivity contribution in [1.29, 1.82) is 0 Å². The molecule has 2 amide bonds. The molecule has 3 rings (SSSR count). The lowest BCUT2D eigenvalue weighted by atomic mass is 10.1. The number of hydrogen-bond donors (Lipinski definition) is 0. The number of carbonyl (C=O) groups is 2. The maximum Gasteiger partial charge on any atom is 0.293 e. The van der Waals surface area contributed by atoms with Crippen LogP contribution in [0.2, 0.25) is 0 Å². The van der Waals surface area contributed by atoms with E-state index in [2.05, 4.69) is 0 Å². The summed E-state index contributed by atoms with van der Waals surface area (Å²) in [6, 6.07) is 3.40. The summed E-state index contributed by atoms with van der Waals surface area (Å²) >= 11 is 0.951. The van der Waals surface area contributed by atoms with Gasteiger partial charge in [-0.25, -0.2) is 0 Å². The third kappa shape index (κ3) is 2.96. The van der Waals surface area contributed by atoms with Gasteiger partial charge >= 0.3 is 0 Å². The second-order valence-electron chi connectivity index (χ2n) is 5.49. The number of imide groups is 1. The smallest absolute Gasteiger partial charge is 0.293 e. The van der Waals surface area contributed by atoms with Crippen molar-refractivity contribution in [3.63, 3.8) is 0 Å². The first kappa shape index (κ1) is 16.7. The lowest BCUT2D eigenvalue weighted by Crippen LogP contribution is -2.36. The van der Waals surface area contributed by atoms with Crippen molar-refractivity contribution in [3.05, 3.63) is 22.6 Å². The monoisotopic (exact) mass is 349 g/mol. The average Bonchev–Trinajstić information content (AvgIpc) is 3.11. The van der Waals surface area contributed by atoms with E-state index in [0.717, 1.165) is 18.2 Å². The first-order chi connectivity index (χ1) is 11.5. The summed E-state index contributed by atoms with van der Waals surface area (Å²) in [5, 5.41) is -0.237. The minimum absolute atomic E-state index is 0.119. The van der Waals surface area contributed by atoms with Crippen molar-refractivity contribution >= 4 is 29.0 Å². The maximum atomic E-state index is 12.5. The summed E-state index contributed by atoms with van der Waals surface area (Å²) in [7, 11) is 0. The molecule has 24 heavy (non-hydrogen) atoms. The number of fused-ring (bicyclic) bond motifs is 1. The lowest BCUT2D eigenvalue weighted by molar-refractivity contribution is -0.124. The Bertz CT molecular complexity index is 715. The van der Waals surface area contributed by atoms with Gasteiger partial charge < -0.3 is 14.2 Å². The number of ether oxygens (including phenoxy) is 3. The van der Waals surface area contributed by atoms with Gasteiger partial charge in [0.25, 0.3) is 11.1 Å². The molecule has 128 valence electrons. The van der Waals surface area contributed by atoms with Crippen LogP contribution in [0, 0.1) is 0 Å². The molecule has 0 radical (unpaired) electrons. The van der Waals surface area contributed by atoms with Crippen molar-refractivity contribution < 1.29 is 23.8 Å². The van der Waals surface area contributed by atoms with Crippen molar-refractivity contribution in [2.24, 2.45) is 0 Å². The zero-order chi connectivity index (χ0) is 17.3. The van der Waals surface area contributed by atoms with Crippen LogP contribution in [-0.4, -0.2) is 35.5 Å². The van der Waals surface area contributed by atoms with Crippen molar-refractivity contribution in [2.75, 3.05) is 13.4 Å². The highest BCUT2D eigenvalue weighted by molar-refractivity contribution is 8.18. The molecular weight excluding hydrogens is 330 g/mol. The number of benzene rings is 1. The molecule has 0 bridgehead atoms. The zero-order valence-corrected chi connectivity index (χ0v) is 14.6. The van der Waals surface area contributed by atoms with Crippen LogP contribution in [0.1, 0.15) is 32.8 Å². The second kappa shape index (κ2) is 6.76. The molecule has 0 spiro atoms. The molecule has 0 aliphatic carbocycles. The number of rotatable bonds is 5. The Balaban J connectivity index is 1.96. The van der Waals surface area contributed by atoms with Gasteiger partial charge in [-0.2, -0.15) is 0 Å². The Morgan fingerprint density at radius 1 is 1.29 bits per heavy atom. The van der Waals surface area contributed by atoms with Gasteiger partial charge in [-0.1, -0.05) is 6.92 Å². The minimum Gasteiger partial charge on any atom is -0.493 e. The molecular formula is C17H19NO5S. The number of thioether (sulfide) groups is 1. The number of hydrogen-bond acceptors (Lipinski definition) is 6. The molecule has 7 heteroatoms. The van der Waals surface area contributed by atoms with E-state index >= 15 is 0 Å². The summed E-state index contributed by atoms with van der Waals surface area (Å²) in [6.07, 6.45) is 2.40. The van der Waals surface area contributed by atoms with Crippen LogP contribution in [-0.2, 0) is 4.79 Å². The van der Waals surface area contributed by atoms with Crippen LogP contribution in [0.25, 0.3) is 6.08 Å². The van der Waals surface area contributed by atoms with E-state index in [9.17, 15) is 9.59 Å². The lowest BCUT2D eigenvalue weighted by Gasteiger charge is -2.19. The van der Waals surface area contributed by atoms with Gasteiger partial charge in [-0.05, 0) is 44.2 Å². The Kier molecular flexibility index (Phi) is 4.71. The molecule has 0 N–H and O–H groups in total. The Morgan fingerprint density at radius 2 is 2.00 bits per heavy atom. The van der Waals surface area contributed by atoms with Gasteiger partial charge in [-0.3, -0.25) is 14.5 Å². The predicted octanol–water partition coefficient (Wildman–Crippen LogP) is 3.65. The van der Waals surface area contributed by atoms with Gasteiger partial charge in [-0.15, -0.1) is 0 Å². The molecule has 6 nitrogen and oxygen atoms in total. The summed E-state index contributed by atoms with van der Waals surface area (Å²) in [6.45, 7) is 6.34. The molecule has 1 fully saturated rings. The molecule has 0 saturated carbocycles. The Morgan fingerprint density at radius 3 is 2.67 bits per heavy atom. The third-order valence-electron chi connectivity index (χ3n) is 3.95. The number of carbonyl (C=O) groups excluding carboxylic acids is 2.